The van der Waals surface area contributed by atoms with Gasteiger partial charge in [-0.15, -0.1) is 0 Å². The van der Waals surface area contributed by atoms with E-state index in [1.807, 2.05) is 58.0 Å². The number of ether oxygens (including phenoxy) is 1. The van der Waals surface area contributed by atoms with Crippen LogP contribution >= 0.6 is 0 Å². The van der Waals surface area contributed by atoms with Gasteiger partial charge in [-0.2, -0.15) is 0 Å². The van der Waals surface area contributed by atoms with Crippen LogP contribution in [0.5, 0.6) is 5.75 Å². The summed E-state index contributed by atoms with van der Waals surface area (Å²) in [6, 6.07) is 11.2. The topological polar surface area (TPSA) is 63.2 Å². The molecule has 0 bridgehead atoms. The van der Waals surface area contributed by atoms with Gasteiger partial charge < -0.3 is 15.4 Å². The Kier molecular flexibility index (Phi) is 5.21. The number of hydrogen-bond donors (Lipinski definition) is 2. The summed E-state index contributed by atoms with van der Waals surface area (Å²) in [7, 11) is 0. The molecular weight excluding hydrogens is 290 g/mol. The third-order valence-electron chi connectivity index (χ3n) is 2.94. The minimum absolute atomic E-state index is 0.176. The number of carbonyl (C=O) groups excluding carboxylic acids is 1. The van der Waals surface area contributed by atoms with E-state index in [1.54, 1.807) is 12.3 Å². The second kappa shape index (κ2) is 7.13. The first kappa shape index (κ1) is 16.8. The maximum absolute atomic E-state index is 12.0. The fourth-order valence-electron chi connectivity index (χ4n) is 1.97. The van der Waals surface area contributed by atoms with Crippen LogP contribution in [-0.4, -0.2) is 23.0 Å². The summed E-state index contributed by atoms with van der Waals surface area (Å²) in [5.41, 5.74) is 1.87. The van der Waals surface area contributed by atoms with Crippen LogP contribution in [0.3, 0.4) is 0 Å². The minimum Gasteiger partial charge on any atom is -0.494 e. The van der Waals surface area contributed by atoms with E-state index in [2.05, 4.69) is 15.6 Å². The summed E-state index contributed by atoms with van der Waals surface area (Å²) in [4.78, 5) is 16.2. The molecule has 1 amide bonds. The number of aromatic nitrogens is 1. The molecule has 5 heteroatoms. The zero-order chi connectivity index (χ0) is 16.9. The molecule has 1 heterocycles. The van der Waals surface area contributed by atoms with Crippen LogP contribution in [0.4, 0.5) is 11.4 Å². The summed E-state index contributed by atoms with van der Waals surface area (Å²) in [6.45, 7) is 8.41. The van der Waals surface area contributed by atoms with E-state index in [0.717, 1.165) is 17.1 Å². The Hall–Kier alpha value is -2.56. The van der Waals surface area contributed by atoms with Gasteiger partial charge in [-0.05, 0) is 64.1 Å². The molecule has 0 atom stereocenters. The van der Waals surface area contributed by atoms with Gasteiger partial charge in [-0.1, -0.05) is 0 Å². The molecular formula is C18H23N3O2. The van der Waals surface area contributed by atoms with Crippen molar-refractivity contribution in [2.45, 2.75) is 33.2 Å². The first-order chi connectivity index (χ1) is 10.9. The normalized spacial score (nSPS) is 11.0. The number of anilines is 2. The Balaban J connectivity index is 2.01. The minimum atomic E-state index is -0.280. The lowest BCUT2D eigenvalue weighted by molar-refractivity contribution is 0.0914. The lowest BCUT2D eigenvalue weighted by Crippen LogP contribution is -2.40. The third kappa shape index (κ3) is 5.29. The molecule has 1 aromatic heterocycles. The molecule has 0 radical (unpaired) electrons. The van der Waals surface area contributed by atoms with Crippen molar-refractivity contribution in [3.8, 4) is 5.75 Å². The zero-order valence-electron chi connectivity index (χ0n) is 14.0. The molecule has 1 aromatic carbocycles. The maximum Gasteiger partial charge on any atom is 0.270 e. The van der Waals surface area contributed by atoms with E-state index in [1.165, 1.54) is 0 Å². The first-order valence-electron chi connectivity index (χ1n) is 7.66. The van der Waals surface area contributed by atoms with Crippen LogP contribution in [-0.2, 0) is 0 Å². The largest absolute Gasteiger partial charge is 0.494 e. The highest BCUT2D eigenvalue weighted by atomic mass is 16.5. The second-order valence-corrected chi connectivity index (χ2v) is 6.22. The maximum atomic E-state index is 12.0. The van der Waals surface area contributed by atoms with Crippen molar-refractivity contribution in [3.05, 3.63) is 48.3 Å². The van der Waals surface area contributed by atoms with Crippen molar-refractivity contribution in [1.29, 1.82) is 0 Å². The number of hydrogen-bond acceptors (Lipinski definition) is 4. The van der Waals surface area contributed by atoms with Crippen molar-refractivity contribution in [3.63, 3.8) is 0 Å². The van der Waals surface area contributed by atoms with Crippen molar-refractivity contribution in [2.75, 3.05) is 11.9 Å². The molecule has 0 aliphatic carbocycles. The number of carbonyl (C=O) groups is 1. The summed E-state index contributed by atoms with van der Waals surface area (Å²) in [6.07, 6.45) is 1.65. The summed E-state index contributed by atoms with van der Waals surface area (Å²) < 4.78 is 5.41. The molecule has 0 saturated carbocycles. The van der Waals surface area contributed by atoms with Crippen molar-refractivity contribution >= 4 is 17.3 Å². The molecule has 23 heavy (non-hydrogen) atoms. The van der Waals surface area contributed by atoms with E-state index in [4.69, 9.17) is 4.74 Å². The Morgan fingerprint density at radius 3 is 2.26 bits per heavy atom. The van der Waals surface area contributed by atoms with Gasteiger partial charge in [0, 0.05) is 11.2 Å². The summed E-state index contributed by atoms with van der Waals surface area (Å²) in [5.74, 6) is 0.662. The van der Waals surface area contributed by atoms with Gasteiger partial charge in [0.15, 0.2) is 0 Å². The van der Waals surface area contributed by atoms with Gasteiger partial charge >= 0.3 is 0 Å². The summed E-state index contributed by atoms with van der Waals surface area (Å²) >= 11 is 0. The molecule has 0 saturated heterocycles. The number of nitrogens with one attached hydrogen (secondary N) is 2. The summed E-state index contributed by atoms with van der Waals surface area (Å²) in [5, 5.41) is 6.12. The average molecular weight is 313 g/mol. The smallest absolute Gasteiger partial charge is 0.270 e. The van der Waals surface area contributed by atoms with Crippen LogP contribution in [0.15, 0.2) is 42.6 Å². The Morgan fingerprint density at radius 1 is 1.09 bits per heavy atom. The molecule has 2 N–H and O–H groups in total. The van der Waals surface area contributed by atoms with Gasteiger partial charge in [0.05, 0.1) is 18.5 Å². The van der Waals surface area contributed by atoms with E-state index in [0.29, 0.717) is 12.3 Å². The van der Waals surface area contributed by atoms with Crippen LogP contribution < -0.4 is 15.4 Å². The van der Waals surface area contributed by atoms with E-state index in [-0.39, 0.29) is 11.4 Å². The number of amides is 1. The van der Waals surface area contributed by atoms with Gasteiger partial charge in [0.1, 0.15) is 11.4 Å². The highest BCUT2D eigenvalue weighted by Crippen LogP contribution is 2.19. The first-order valence-corrected chi connectivity index (χ1v) is 7.66. The lowest BCUT2D eigenvalue weighted by atomic mass is 10.1. The second-order valence-electron chi connectivity index (χ2n) is 6.22. The fourth-order valence-corrected chi connectivity index (χ4v) is 1.97. The van der Waals surface area contributed by atoms with Crippen LogP contribution in [0.25, 0.3) is 0 Å². The predicted octanol–water partition coefficient (Wildman–Crippen LogP) is 3.75. The lowest BCUT2D eigenvalue weighted by Gasteiger charge is -2.20. The van der Waals surface area contributed by atoms with Crippen molar-refractivity contribution < 1.29 is 9.53 Å². The van der Waals surface area contributed by atoms with Crippen LogP contribution in [0.1, 0.15) is 38.2 Å². The standard InChI is InChI=1S/C18H23N3O2/c1-5-23-15-9-6-13(7-10-15)20-14-8-11-16(19-12-14)17(22)21-18(2,3)4/h6-12,20H,5H2,1-4H3,(H,21,22). The highest BCUT2D eigenvalue weighted by molar-refractivity contribution is 5.92. The number of benzene rings is 1. The molecule has 122 valence electrons. The molecule has 0 unspecified atom stereocenters. The molecule has 0 fully saturated rings. The monoisotopic (exact) mass is 313 g/mol. The van der Waals surface area contributed by atoms with Gasteiger partial charge in [-0.3, -0.25) is 4.79 Å². The van der Waals surface area contributed by atoms with E-state index >= 15 is 0 Å². The quantitative estimate of drug-likeness (QED) is 0.882. The molecule has 0 aliphatic heterocycles. The van der Waals surface area contributed by atoms with Crippen LogP contribution in [0, 0.1) is 0 Å². The van der Waals surface area contributed by atoms with Gasteiger partial charge in [0.25, 0.3) is 5.91 Å². The SMILES string of the molecule is CCOc1ccc(Nc2ccc(C(=O)NC(C)(C)C)nc2)cc1. The Morgan fingerprint density at radius 2 is 1.74 bits per heavy atom. The fraction of sp³-hybridized carbons (Fsp3) is 0.333. The molecule has 2 aromatic rings. The van der Waals surface area contributed by atoms with Gasteiger partial charge in [0.2, 0.25) is 0 Å². The molecule has 0 spiro atoms. The Bertz CT molecular complexity index is 643. The third-order valence-corrected chi connectivity index (χ3v) is 2.94. The number of pyridine rings is 1. The van der Waals surface area contributed by atoms with Crippen LogP contribution in [0.2, 0.25) is 0 Å². The molecule has 5 nitrogen and oxygen atoms in total. The molecule has 0 aliphatic rings. The Labute approximate surface area is 137 Å². The van der Waals surface area contributed by atoms with Gasteiger partial charge in [-0.25, -0.2) is 4.98 Å². The average Bonchev–Trinajstić information content (AvgIpc) is 2.48. The zero-order valence-corrected chi connectivity index (χ0v) is 14.0. The predicted molar refractivity (Wildman–Crippen MR) is 92.3 cm³/mol. The highest BCUT2D eigenvalue weighted by Gasteiger charge is 2.15. The number of rotatable bonds is 5. The number of nitrogens with zero attached hydrogens (tertiary/aromatic N) is 1. The van der Waals surface area contributed by atoms with E-state index in [9.17, 15) is 4.79 Å². The van der Waals surface area contributed by atoms with E-state index < -0.39 is 0 Å². The van der Waals surface area contributed by atoms with Crippen molar-refractivity contribution in [2.24, 2.45) is 0 Å². The molecule has 2 rings (SSSR count). The van der Waals surface area contributed by atoms with Crippen molar-refractivity contribution in [1.82, 2.24) is 10.3 Å².